The van der Waals surface area contributed by atoms with Crippen molar-refractivity contribution in [1.82, 2.24) is 10.2 Å². The molecule has 1 N–H and O–H groups in total. The van der Waals surface area contributed by atoms with Gasteiger partial charge >= 0.3 is 6.09 Å². The molecule has 20 heavy (non-hydrogen) atoms. The van der Waals surface area contributed by atoms with E-state index in [0.29, 0.717) is 31.8 Å². The van der Waals surface area contributed by atoms with Gasteiger partial charge < -0.3 is 15.0 Å². The summed E-state index contributed by atoms with van der Waals surface area (Å²) in [5.74, 6) is -0.340. The molecule has 2 amide bonds. The number of hydrogen-bond donors (Lipinski definition) is 1. The van der Waals surface area contributed by atoms with Crippen molar-refractivity contribution < 1.29 is 19.2 Å². The van der Waals surface area contributed by atoms with Gasteiger partial charge in [0.05, 0.1) is 11.5 Å². The van der Waals surface area contributed by atoms with Gasteiger partial charge in [-0.3, -0.25) is 14.9 Å². The smallest absolute Gasteiger partial charge is 0.409 e. The minimum Gasteiger partial charge on any atom is -0.448 e. The normalized spacial score (nSPS) is 14.0. The van der Waals surface area contributed by atoms with Crippen LogP contribution in [0, 0.1) is 10.1 Å². The van der Waals surface area contributed by atoms with Crippen LogP contribution in [0.4, 0.5) is 10.5 Å². The summed E-state index contributed by atoms with van der Waals surface area (Å²) in [7, 11) is 0. The highest BCUT2D eigenvalue weighted by molar-refractivity contribution is 5.94. The molecule has 0 bridgehead atoms. The number of rotatable bonds is 5. The lowest BCUT2D eigenvalue weighted by atomic mass is 10.2. The van der Waals surface area contributed by atoms with E-state index in [-0.39, 0.29) is 17.7 Å². The molecule has 0 aromatic heterocycles. The number of amides is 2. The number of benzene rings is 1. The summed E-state index contributed by atoms with van der Waals surface area (Å²) in [5.41, 5.74) is 0.265. The largest absolute Gasteiger partial charge is 0.448 e. The van der Waals surface area contributed by atoms with Gasteiger partial charge in [0, 0.05) is 30.8 Å². The molecule has 1 aliphatic rings. The van der Waals surface area contributed by atoms with Gasteiger partial charge in [0.1, 0.15) is 6.61 Å². The number of carbonyl (C=O) groups is 2. The first-order chi connectivity index (χ1) is 9.58. The monoisotopic (exact) mass is 279 g/mol. The minimum absolute atomic E-state index is 0.0682. The Morgan fingerprint density at radius 3 is 2.65 bits per heavy atom. The molecule has 1 heterocycles. The molecule has 1 aromatic rings. The number of hydrogen-bond acceptors (Lipinski definition) is 5. The Bertz CT molecular complexity index is 528. The highest BCUT2D eigenvalue weighted by atomic mass is 16.6. The second kappa shape index (κ2) is 6.00. The summed E-state index contributed by atoms with van der Waals surface area (Å²) in [6.45, 7) is 1.56. The maximum Gasteiger partial charge on any atom is 0.409 e. The molecule has 1 fully saturated rings. The number of nitrogens with zero attached hydrogens (tertiary/aromatic N) is 2. The Morgan fingerprint density at radius 1 is 1.40 bits per heavy atom. The molecule has 0 radical (unpaired) electrons. The third-order valence-electron chi connectivity index (χ3n) is 2.85. The molecule has 0 saturated carbocycles. The van der Waals surface area contributed by atoms with Gasteiger partial charge in [0.15, 0.2) is 0 Å². The fourth-order valence-electron chi connectivity index (χ4n) is 1.77. The number of cyclic esters (lactones) is 1. The quantitative estimate of drug-likeness (QED) is 0.633. The van der Waals surface area contributed by atoms with E-state index in [1.54, 1.807) is 0 Å². The van der Waals surface area contributed by atoms with Crippen LogP contribution in [0.2, 0.25) is 0 Å². The third kappa shape index (κ3) is 3.22. The minimum atomic E-state index is -0.527. The van der Waals surface area contributed by atoms with Crippen LogP contribution in [-0.2, 0) is 4.74 Å². The van der Waals surface area contributed by atoms with Gasteiger partial charge in [-0.05, 0) is 12.1 Å². The molecule has 0 unspecified atom stereocenters. The lowest BCUT2D eigenvalue weighted by Gasteiger charge is -2.12. The van der Waals surface area contributed by atoms with Crippen LogP contribution < -0.4 is 5.32 Å². The van der Waals surface area contributed by atoms with Gasteiger partial charge in [-0.25, -0.2) is 4.79 Å². The molecule has 8 nitrogen and oxygen atoms in total. The number of non-ortho nitro benzene ring substituents is 1. The van der Waals surface area contributed by atoms with Gasteiger partial charge in [0.2, 0.25) is 0 Å². The highest BCUT2D eigenvalue weighted by Crippen LogP contribution is 2.11. The fourth-order valence-corrected chi connectivity index (χ4v) is 1.77. The second-order valence-corrected chi connectivity index (χ2v) is 4.16. The molecule has 2 rings (SSSR count). The van der Waals surface area contributed by atoms with Crippen LogP contribution in [0.25, 0.3) is 0 Å². The van der Waals surface area contributed by atoms with Crippen LogP contribution >= 0.6 is 0 Å². The molecule has 1 aliphatic heterocycles. The van der Waals surface area contributed by atoms with Gasteiger partial charge in [0.25, 0.3) is 11.6 Å². The van der Waals surface area contributed by atoms with E-state index < -0.39 is 4.92 Å². The molecule has 106 valence electrons. The Morgan fingerprint density at radius 2 is 2.10 bits per heavy atom. The molecule has 8 heteroatoms. The number of nitro groups is 1. The van der Waals surface area contributed by atoms with E-state index in [1.165, 1.54) is 29.2 Å². The van der Waals surface area contributed by atoms with Crippen molar-refractivity contribution in [1.29, 1.82) is 0 Å². The first-order valence-corrected chi connectivity index (χ1v) is 6.02. The van der Waals surface area contributed by atoms with Crippen molar-refractivity contribution >= 4 is 17.7 Å². The summed E-state index contributed by atoms with van der Waals surface area (Å²) >= 11 is 0. The maximum atomic E-state index is 11.8. The zero-order valence-electron chi connectivity index (χ0n) is 10.6. The average molecular weight is 279 g/mol. The number of carbonyl (C=O) groups excluding carboxylic acids is 2. The first-order valence-electron chi connectivity index (χ1n) is 6.02. The van der Waals surface area contributed by atoms with Crippen LogP contribution in [0.15, 0.2) is 24.3 Å². The van der Waals surface area contributed by atoms with Gasteiger partial charge in [-0.2, -0.15) is 0 Å². The maximum absolute atomic E-state index is 11.8. The first kappa shape index (κ1) is 13.8. The van der Waals surface area contributed by atoms with Crippen molar-refractivity contribution in [3.63, 3.8) is 0 Å². The predicted molar refractivity (Wildman–Crippen MR) is 68.4 cm³/mol. The lowest BCUT2D eigenvalue weighted by Crippen LogP contribution is -2.35. The summed E-state index contributed by atoms with van der Waals surface area (Å²) < 4.78 is 4.75. The number of nitrogens with one attached hydrogen (secondary N) is 1. The summed E-state index contributed by atoms with van der Waals surface area (Å²) in [6.07, 6.45) is -0.380. The molecular weight excluding hydrogens is 266 g/mol. The van der Waals surface area contributed by atoms with Crippen molar-refractivity contribution in [3.8, 4) is 0 Å². The molecule has 1 aromatic carbocycles. The van der Waals surface area contributed by atoms with E-state index in [4.69, 9.17) is 4.74 Å². The standard InChI is InChI=1S/C12H13N3O5/c16-11(9-1-3-10(4-2-9)15(18)19)13-5-6-14-7-8-20-12(14)17/h1-4H,5-8H2,(H,13,16). The van der Waals surface area contributed by atoms with E-state index in [1.807, 2.05) is 0 Å². The van der Waals surface area contributed by atoms with Crippen LogP contribution in [0.1, 0.15) is 10.4 Å². The Hall–Kier alpha value is -2.64. The molecule has 0 spiro atoms. The van der Waals surface area contributed by atoms with Gasteiger partial charge in [-0.1, -0.05) is 0 Å². The SMILES string of the molecule is O=C(NCCN1CCOC1=O)c1ccc([N+](=O)[O-])cc1. The molecule has 0 atom stereocenters. The zero-order chi connectivity index (χ0) is 14.5. The van der Waals surface area contributed by atoms with Crippen molar-refractivity contribution in [2.45, 2.75) is 0 Å². The molecule has 0 aliphatic carbocycles. The van der Waals surface area contributed by atoms with Gasteiger partial charge in [-0.15, -0.1) is 0 Å². The van der Waals surface area contributed by atoms with Crippen LogP contribution in [0.3, 0.4) is 0 Å². The fraction of sp³-hybridized carbons (Fsp3) is 0.333. The topological polar surface area (TPSA) is 102 Å². The molecular formula is C12H13N3O5. The van der Waals surface area contributed by atoms with Crippen molar-refractivity contribution in [2.24, 2.45) is 0 Å². The second-order valence-electron chi connectivity index (χ2n) is 4.16. The number of nitro benzene ring substituents is 1. The van der Waals surface area contributed by atoms with E-state index >= 15 is 0 Å². The van der Waals surface area contributed by atoms with E-state index in [9.17, 15) is 19.7 Å². The molecule has 1 saturated heterocycles. The van der Waals surface area contributed by atoms with E-state index in [0.717, 1.165) is 0 Å². The van der Waals surface area contributed by atoms with Crippen molar-refractivity contribution in [3.05, 3.63) is 39.9 Å². The van der Waals surface area contributed by atoms with Crippen LogP contribution in [0.5, 0.6) is 0 Å². The summed E-state index contributed by atoms with van der Waals surface area (Å²) in [4.78, 5) is 34.4. The lowest BCUT2D eigenvalue weighted by molar-refractivity contribution is -0.384. The average Bonchev–Trinajstić information content (AvgIpc) is 2.84. The summed E-state index contributed by atoms with van der Waals surface area (Å²) in [5, 5.41) is 13.1. The Kier molecular flexibility index (Phi) is 4.14. The number of ether oxygens (including phenoxy) is 1. The highest BCUT2D eigenvalue weighted by Gasteiger charge is 2.21. The Balaban J connectivity index is 1.82. The van der Waals surface area contributed by atoms with Crippen LogP contribution in [-0.4, -0.2) is 48.1 Å². The Labute approximate surface area is 114 Å². The van der Waals surface area contributed by atoms with E-state index in [2.05, 4.69) is 5.32 Å². The zero-order valence-corrected chi connectivity index (χ0v) is 10.6. The summed E-state index contributed by atoms with van der Waals surface area (Å²) in [6, 6.07) is 5.31. The van der Waals surface area contributed by atoms with Crippen molar-refractivity contribution in [2.75, 3.05) is 26.2 Å². The predicted octanol–water partition coefficient (Wildman–Crippen LogP) is 0.777. The third-order valence-corrected chi connectivity index (χ3v) is 2.85.